The number of carbonyl (C=O) groups is 2. The normalized spacial score (nSPS) is 10.5. The van der Waals surface area contributed by atoms with Gasteiger partial charge in [0, 0.05) is 11.1 Å². The lowest BCUT2D eigenvalue weighted by Gasteiger charge is -2.10. The molecule has 0 saturated heterocycles. The molecule has 0 heterocycles. The Balaban J connectivity index is 1.87. The van der Waals surface area contributed by atoms with E-state index < -0.39 is 24.3 Å². The van der Waals surface area contributed by atoms with E-state index in [9.17, 15) is 14.0 Å². The van der Waals surface area contributed by atoms with E-state index in [2.05, 4.69) is 5.32 Å². The molecule has 1 N–H and O–H groups in total. The van der Waals surface area contributed by atoms with Gasteiger partial charge in [-0.25, -0.2) is 9.18 Å². The molecule has 2 rings (SSSR count). The molecule has 0 aromatic heterocycles. The van der Waals surface area contributed by atoms with Crippen LogP contribution in [0.25, 0.3) is 6.08 Å². The highest BCUT2D eigenvalue weighted by Crippen LogP contribution is 2.27. The molecule has 0 aliphatic carbocycles. The van der Waals surface area contributed by atoms with E-state index >= 15 is 0 Å². The Morgan fingerprint density at radius 1 is 1.24 bits per heavy atom. The largest absolute Gasteiger partial charge is 0.495 e. The molecule has 7 heteroatoms. The van der Waals surface area contributed by atoms with Gasteiger partial charge in [-0.2, -0.15) is 0 Å². The van der Waals surface area contributed by atoms with Crippen LogP contribution < -0.4 is 10.1 Å². The fourth-order valence-electron chi connectivity index (χ4n) is 1.92. The van der Waals surface area contributed by atoms with E-state index in [-0.39, 0.29) is 0 Å². The van der Waals surface area contributed by atoms with Crippen molar-refractivity contribution in [2.24, 2.45) is 0 Å². The molecule has 0 aliphatic heterocycles. The highest BCUT2D eigenvalue weighted by molar-refractivity contribution is 6.31. The molecule has 0 spiro atoms. The molecule has 0 fully saturated rings. The Morgan fingerprint density at radius 3 is 2.76 bits per heavy atom. The smallest absolute Gasteiger partial charge is 0.331 e. The van der Waals surface area contributed by atoms with E-state index in [1.165, 1.54) is 37.5 Å². The van der Waals surface area contributed by atoms with Crippen LogP contribution in [0.3, 0.4) is 0 Å². The number of esters is 1. The van der Waals surface area contributed by atoms with E-state index in [1.807, 2.05) is 0 Å². The van der Waals surface area contributed by atoms with E-state index in [0.717, 1.165) is 6.08 Å². The van der Waals surface area contributed by atoms with Crippen molar-refractivity contribution in [1.82, 2.24) is 0 Å². The Kier molecular flexibility index (Phi) is 6.54. The van der Waals surface area contributed by atoms with Crippen molar-refractivity contribution in [1.29, 1.82) is 0 Å². The zero-order valence-corrected chi connectivity index (χ0v) is 14.0. The number of nitrogens with one attached hydrogen (secondary N) is 1. The van der Waals surface area contributed by atoms with Crippen molar-refractivity contribution in [3.8, 4) is 5.75 Å². The number of benzene rings is 2. The molecular weight excluding hydrogens is 349 g/mol. The van der Waals surface area contributed by atoms with Gasteiger partial charge in [-0.15, -0.1) is 0 Å². The molecule has 2 aromatic rings. The lowest BCUT2D eigenvalue weighted by Crippen LogP contribution is -2.20. The fraction of sp³-hybridized carbons (Fsp3) is 0.111. The number of hydrogen-bond donors (Lipinski definition) is 1. The van der Waals surface area contributed by atoms with Crippen LogP contribution in [-0.2, 0) is 14.3 Å². The minimum atomic E-state index is -0.725. The van der Waals surface area contributed by atoms with Crippen LogP contribution >= 0.6 is 11.6 Å². The van der Waals surface area contributed by atoms with Crippen LogP contribution in [0, 0.1) is 5.82 Å². The monoisotopic (exact) mass is 363 g/mol. The van der Waals surface area contributed by atoms with Gasteiger partial charge in [-0.1, -0.05) is 23.7 Å². The minimum Gasteiger partial charge on any atom is -0.495 e. The summed E-state index contributed by atoms with van der Waals surface area (Å²) in [5.74, 6) is -1.26. The summed E-state index contributed by atoms with van der Waals surface area (Å²) < 4.78 is 22.9. The first-order chi connectivity index (χ1) is 12.0. The molecule has 0 aliphatic rings. The van der Waals surface area contributed by atoms with Gasteiger partial charge in [0.05, 0.1) is 12.8 Å². The predicted molar refractivity (Wildman–Crippen MR) is 93.0 cm³/mol. The summed E-state index contributed by atoms with van der Waals surface area (Å²) in [6.07, 6.45) is 2.51. The number of carbonyl (C=O) groups excluding carboxylic acids is 2. The lowest BCUT2D eigenvalue weighted by atomic mass is 10.2. The second kappa shape index (κ2) is 8.84. The zero-order chi connectivity index (χ0) is 18.2. The number of anilines is 1. The first-order valence-electron chi connectivity index (χ1n) is 7.22. The first kappa shape index (κ1) is 18.5. The summed E-state index contributed by atoms with van der Waals surface area (Å²) in [5, 5.41) is 2.96. The number of hydrogen-bond acceptors (Lipinski definition) is 4. The van der Waals surface area contributed by atoms with Crippen LogP contribution in [0.1, 0.15) is 5.56 Å². The van der Waals surface area contributed by atoms with Crippen LogP contribution in [0.4, 0.5) is 10.1 Å². The summed E-state index contributed by atoms with van der Waals surface area (Å²) in [5.41, 5.74) is 0.872. The molecule has 0 unspecified atom stereocenters. The van der Waals surface area contributed by atoms with E-state index in [0.29, 0.717) is 22.0 Å². The first-order valence-corrected chi connectivity index (χ1v) is 7.59. The van der Waals surface area contributed by atoms with Crippen LogP contribution in [0.15, 0.2) is 48.5 Å². The van der Waals surface area contributed by atoms with E-state index in [4.69, 9.17) is 21.1 Å². The SMILES string of the molecule is COc1ccc(Cl)cc1NC(=O)COC(=O)/C=C/c1cccc(F)c1. The Hall–Kier alpha value is -2.86. The summed E-state index contributed by atoms with van der Waals surface area (Å²) in [4.78, 5) is 23.5. The van der Waals surface area contributed by atoms with Crippen LogP contribution in [0.5, 0.6) is 5.75 Å². The van der Waals surface area contributed by atoms with Gasteiger partial charge < -0.3 is 14.8 Å². The Labute approximate surface area is 149 Å². The molecule has 0 radical (unpaired) electrons. The third-order valence-corrected chi connectivity index (χ3v) is 3.28. The third kappa shape index (κ3) is 5.93. The molecule has 0 saturated carbocycles. The number of halogens is 2. The maximum atomic E-state index is 13.0. The number of methoxy groups -OCH3 is 1. The van der Waals surface area contributed by atoms with Crippen molar-refractivity contribution in [2.45, 2.75) is 0 Å². The highest BCUT2D eigenvalue weighted by atomic mass is 35.5. The average Bonchev–Trinajstić information content (AvgIpc) is 2.58. The molecule has 2 aromatic carbocycles. The average molecular weight is 364 g/mol. The fourth-order valence-corrected chi connectivity index (χ4v) is 2.10. The second-order valence-electron chi connectivity index (χ2n) is 4.89. The molecule has 1 amide bonds. The van der Waals surface area contributed by atoms with Gasteiger partial charge in [0.15, 0.2) is 6.61 Å². The molecule has 0 atom stereocenters. The maximum Gasteiger partial charge on any atom is 0.331 e. The highest BCUT2D eigenvalue weighted by Gasteiger charge is 2.10. The van der Waals surface area contributed by atoms with Crippen molar-refractivity contribution in [3.05, 3.63) is 64.9 Å². The van der Waals surface area contributed by atoms with E-state index in [1.54, 1.807) is 18.2 Å². The third-order valence-electron chi connectivity index (χ3n) is 3.04. The van der Waals surface area contributed by atoms with Crippen molar-refractivity contribution in [3.63, 3.8) is 0 Å². The summed E-state index contributed by atoms with van der Waals surface area (Å²) in [6, 6.07) is 10.5. The lowest BCUT2D eigenvalue weighted by molar-refractivity contribution is -0.142. The standard InChI is InChI=1S/C18H15ClFNO4/c1-24-16-7-6-13(19)10-15(16)21-17(22)11-25-18(23)8-5-12-3-2-4-14(20)9-12/h2-10H,11H2,1H3,(H,21,22)/b8-5+. The number of rotatable bonds is 6. The van der Waals surface area contributed by atoms with Gasteiger partial charge in [0.1, 0.15) is 11.6 Å². The molecule has 130 valence electrons. The Bertz CT molecular complexity index is 807. The van der Waals surface area contributed by atoms with Gasteiger partial charge in [-0.05, 0) is 42.0 Å². The predicted octanol–water partition coefficient (Wildman–Crippen LogP) is 3.68. The molecule has 0 bridgehead atoms. The Morgan fingerprint density at radius 2 is 2.04 bits per heavy atom. The van der Waals surface area contributed by atoms with Crippen molar-refractivity contribution in [2.75, 3.05) is 19.0 Å². The van der Waals surface area contributed by atoms with Crippen LogP contribution in [0.2, 0.25) is 5.02 Å². The second-order valence-corrected chi connectivity index (χ2v) is 5.33. The summed E-state index contributed by atoms with van der Waals surface area (Å²) >= 11 is 5.87. The topological polar surface area (TPSA) is 64.6 Å². The molecule has 5 nitrogen and oxygen atoms in total. The van der Waals surface area contributed by atoms with Crippen molar-refractivity contribution < 1.29 is 23.5 Å². The van der Waals surface area contributed by atoms with Gasteiger partial charge in [0.2, 0.25) is 0 Å². The molecule has 25 heavy (non-hydrogen) atoms. The van der Waals surface area contributed by atoms with Crippen LogP contribution in [-0.4, -0.2) is 25.6 Å². The quantitative estimate of drug-likeness (QED) is 0.628. The van der Waals surface area contributed by atoms with Gasteiger partial charge >= 0.3 is 5.97 Å². The number of amides is 1. The molecular formula is C18H15ClFNO4. The minimum absolute atomic E-state index is 0.367. The van der Waals surface area contributed by atoms with Gasteiger partial charge in [-0.3, -0.25) is 4.79 Å². The summed E-state index contributed by atoms with van der Waals surface area (Å²) in [7, 11) is 1.45. The maximum absolute atomic E-state index is 13.0. The van der Waals surface area contributed by atoms with Gasteiger partial charge in [0.25, 0.3) is 5.91 Å². The zero-order valence-electron chi connectivity index (χ0n) is 13.3. The van der Waals surface area contributed by atoms with Crippen molar-refractivity contribution >= 4 is 35.2 Å². The number of ether oxygens (including phenoxy) is 2. The summed E-state index contributed by atoms with van der Waals surface area (Å²) in [6.45, 7) is -0.484.